The molecule has 0 radical (unpaired) electrons. The number of aliphatic hydroxyl groups excluding tert-OH is 2. The fourth-order valence-corrected chi connectivity index (χ4v) is 7.43. The molecule has 8 heteroatoms. The van der Waals surface area contributed by atoms with Gasteiger partial charge in [-0.25, -0.2) is 0 Å². The van der Waals surface area contributed by atoms with E-state index in [2.05, 4.69) is 32.9 Å². The number of fused-ring (bicyclic) bond motifs is 2. The predicted octanol–water partition coefficient (Wildman–Crippen LogP) is 4.45. The summed E-state index contributed by atoms with van der Waals surface area (Å²) in [5.74, 6) is -2.65. The Morgan fingerprint density at radius 3 is 2.62 bits per heavy atom. The first-order valence-corrected chi connectivity index (χ1v) is 15.5. The second kappa shape index (κ2) is 12.1. The van der Waals surface area contributed by atoms with Crippen molar-refractivity contribution in [3.8, 4) is 0 Å². The molecule has 0 aromatic carbocycles. The van der Waals surface area contributed by atoms with Crippen molar-refractivity contribution in [3.63, 3.8) is 0 Å². The second-order valence-electron chi connectivity index (χ2n) is 13.3. The summed E-state index contributed by atoms with van der Waals surface area (Å²) < 4.78 is 25.3. The third kappa shape index (κ3) is 5.74. The molecular weight excluding hydrogens is 536 g/mol. The molecule has 3 fully saturated rings. The van der Waals surface area contributed by atoms with Crippen LogP contribution in [0, 0.1) is 17.8 Å². The Bertz CT molecular complexity index is 1200. The lowest BCUT2D eigenvalue weighted by atomic mass is 9.71. The summed E-state index contributed by atoms with van der Waals surface area (Å²) >= 11 is 0. The minimum absolute atomic E-state index is 0.0922. The molecule has 3 N–H and O–H groups in total. The summed E-state index contributed by atoms with van der Waals surface area (Å²) in [4.78, 5) is 14.0. The molecule has 0 unspecified atom stereocenters. The molecule has 2 bridgehead atoms. The first-order chi connectivity index (χ1) is 19.9. The van der Waals surface area contributed by atoms with Crippen molar-refractivity contribution in [2.75, 3.05) is 6.61 Å². The average molecular weight is 585 g/mol. The number of aliphatic hydroxyl groups is 3. The number of ether oxygens (including phenoxy) is 4. The van der Waals surface area contributed by atoms with Gasteiger partial charge in [-0.3, -0.25) is 4.79 Å². The molecular formula is C34H48O8. The lowest BCUT2D eigenvalue weighted by molar-refractivity contribution is -0.363. The van der Waals surface area contributed by atoms with Crippen LogP contribution in [0.5, 0.6) is 0 Å². The van der Waals surface area contributed by atoms with E-state index in [4.69, 9.17) is 18.9 Å². The fraction of sp³-hybridized carbons (Fsp3) is 0.676. The number of hydrogen-bond donors (Lipinski definition) is 3. The number of allylic oxidation sites excluding steroid dienone is 5. The minimum Gasteiger partial charge on any atom is -0.462 e. The Balaban J connectivity index is 1.54. The first kappa shape index (κ1) is 31.4. The molecule has 8 nitrogen and oxygen atoms in total. The Hall–Kier alpha value is -2.07. The molecule has 0 aromatic rings. The van der Waals surface area contributed by atoms with Crippen LogP contribution < -0.4 is 0 Å². The lowest BCUT2D eigenvalue weighted by Gasteiger charge is -2.52. The molecule has 5 aliphatic rings. The van der Waals surface area contributed by atoms with E-state index >= 15 is 0 Å². The number of carbonyl (C=O) groups excluding carboxylic acids is 1. The van der Waals surface area contributed by atoms with Crippen LogP contribution in [0.15, 0.2) is 58.7 Å². The maximum Gasteiger partial charge on any atom is 0.316 e. The average Bonchev–Trinajstić information content (AvgIpc) is 3.27. The summed E-state index contributed by atoms with van der Waals surface area (Å²) in [7, 11) is 0. The topological polar surface area (TPSA) is 115 Å². The van der Waals surface area contributed by atoms with Crippen molar-refractivity contribution >= 4 is 5.97 Å². The van der Waals surface area contributed by atoms with Crippen molar-refractivity contribution in [1.82, 2.24) is 0 Å². The van der Waals surface area contributed by atoms with Crippen molar-refractivity contribution in [1.29, 1.82) is 0 Å². The zero-order chi connectivity index (χ0) is 30.4. The van der Waals surface area contributed by atoms with Crippen LogP contribution in [0.1, 0.15) is 73.6 Å². The van der Waals surface area contributed by atoms with Gasteiger partial charge in [0.1, 0.15) is 35.9 Å². The third-order valence-corrected chi connectivity index (χ3v) is 9.92. The number of rotatable bonds is 1. The zero-order valence-corrected chi connectivity index (χ0v) is 25.8. The van der Waals surface area contributed by atoms with Crippen molar-refractivity contribution in [2.45, 2.75) is 122 Å². The molecule has 3 saturated heterocycles. The Kier molecular flexibility index (Phi) is 9.06. The molecule has 1 spiro atoms. The van der Waals surface area contributed by atoms with Crippen molar-refractivity contribution in [3.05, 3.63) is 58.7 Å². The van der Waals surface area contributed by atoms with Crippen LogP contribution in [-0.2, 0) is 23.7 Å². The molecule has 11 atom stereocenters. The molecule has 5 rings (SSSR count). The van der Waals surface area contributed by atoms with Gasteiger partial charge in [0.15, 0.2) is 5.79 Å². The monoisotopic (exact) mass is 584 g/mol. The Morgan fingerprint density at radius 2 is 1.88 bits per heavy atom. The van der Waals surface area contributed by atoms with E-state index in [0.717, 1.165) is 12.0 Å². The highest BCUT2D eigenvalue weighted by molar-refractivity contribution is 5.78. The van der Waals surface area contributed by atoms with Crippen LogP contribution in [0.25, 0.3) is 0 Å². The van der Waals surface area contributed by atoms with E-state index in [-0.39, 0.29) is 37.1 Å². The van der Waals surface area contributed by atoms with Gasteiger partial charge in [0.05, 0.1) is 18.8 Å². The van der Waals surface area contributed by atoms with Gasteiger partial charge in [-0.15, -0.1) is 0 Å². The highest BCUT2D eigenvalue weighted by Gasteiger charge is 2.60. The zero-order valence-electron chi connectivity index (χ0n) is 25.8. The van der Waals surface area contributed by atoms with Gasteiger partial charge >= 0.3 is 5.97 Å². The molecule has 0 saturated carbocycles. The number of esters is 1. The normalized spacial score (nSPS) is 48.3. The highest BCUT2D eigenvalue weighted by Crippen LogP contribution is 2.47. The summed E-state index contributed by atoms with van der Waals surface area (Å²) in [5.41, 5.74) is 1.62. The van der Waals surface area contributed by atoms with Gasteiger partial charge in [-0.05, 0) is 75.5 Å². The smallest absolute Gasteiger partial charge is 0.316 e. The van der Waals surface area contributed by atoms with Gasteiger partial charge < -0.3 is 34.3 Å². The van der Waals surface area contributed by atoms with E-state index < -0.39 is 47.7 Å². The first-order valence-electron chi connectivity index (χ1n) is 15.5. The Labute approximate surface area is 249 Å². The van der Waals surface area contributed by atoms with Crippen molar-refractivity contribution < 1.29 is 39.1 Å². The van der Waals surface area contributed by atoms with Gasteiger partial charge in [0, 0.05) is 12.8 Å². The fourth-order valence-electron chi connectivity index (χ4n) is 7.43. The van der Waals surface area contributed by atoms with Gasteiger partial charge in [0.25, 0.3) is 0 Å². The quantitative estimate of drug-likeness (QED) is 0.306. The van der Waals surface area contributed by atoms with Crippen LogP contribution >= 0.6 is 0 Å². The van der Waals surface area contributed by atoms with E-state index in [9.17, 15) is 20.1 Å². The number of hydrogen-bond acceptors (Lipinski definition) is 8. The SMILES string of the molecule is C/C=C(\C)[C@H]1O[C@@]2(C[C@@H]3C[C@@H](C/C=C(\C)C[C@@H](C)/C=C/C=C4\CO[C@@H]5[C@H](O)C(C)=C[C@@H](C(=O)O3)[C@]45O)O2)[C@H](O)C[C@@H]1C. The van der Waals surface area contributed by atoms with Crippen LogP contribution in [0.2, 0.25) is 0 Å². The highest BCUT2D eigenvalue weighted by atomic mass is 16.7. The maximum atomic E-state index is 14.0. The van der Waals surface area contributed by atoms with Crippen LogP contribution in [-0.4, -0.2) is 75.9 Å². The van der Waals surface area contributed by atoms with Gasteiger partial charge in [-0.2, -0.15) is 0 Å². The van der Waals surface area contributed by atoms with Crippen LogP contribution in [0.4, 0.5) is 0 Å². The van der Waals surface area contributed by atoms with Crippen LogP contribution in [0.3, 0.4) is 0 Å². The Morgan fingerprint density at radius 1 is 1.12 bits per heavy atom. The van der Waals surface area contributed by atoms with Gasteiger partial charge in [0.2, 0.25) is 0 Å². The lowest BCUT2D eigenvalue weighted by Crippen LogP contribution is -2.62. The molecule has 42 heavy (non-hydrogen) atoms. The largest absolute Gasteiger partial charge is 0.462 e. The summed E-state index contributed by atoms with van der Waals surface area (Å²) in [5, 5.41) is 34.4. The maximum absolute atomic E-state index is 14.0. The molecule has 0 amide bonds. The molecule has 0 aromatic heterocycles. The number of carbonyl (C=O) groups is 1. The van der Waals surface area contributed by atoms with Crippen molar-refractivity contribution in [2.24, 2.45) is 17.8 Å². The van der Waals surface area contributed by atoms with E-state index in [0.29, 0.717) is 30.4 Å². The summed E-state index contributed by atoms with van der Waals surface area (Å²) in [6.07, 6.45) is 10.0. The molecule has 1 aliphatic carbocycles. The molecule has 4 aliphatic heterocycles. The second-order valence-corrected chi connectivity index (χ2v) is 13.3. The molecule has 4 heterocycles. The summed E-state index contributed by atoms with van der Waals surface area (Å²) in [6, 6.07) is 0. The standard InChI is InChI=1S/C34H48O8/c1-7-21(4)30-23(6)15-28(35)33(42-30)17-26-16-25(41-33)12-11-20(3)13-19(2)9-8-10-24-18-39-31-29(36)22(5)14-27(32(37)40-26)34(24,31)38/h7-11,14,19,23,25-31,35-36,38H,12-13,15-18H2,1-6H3/b9-8+,20-11+,21-7+,24-10+/t19-,23-,25+,26-,27-,28+,29+,30+,31+,33-,34+/m0/s1. The predicted molar refractivity (Wildman–Crippen MR) is 158 cm³/mol. The third-order valence-electron chi connectivity index (χ3n) is 9.92. The minimum atomic E-state index is -1.75. The van der Waals surface area contributed by atoms with E-state index in [1.165, 1.54) is 5.57 Å². The van der Waals surface area contributed by atoms with Gasteiger partial charge in [-0.1, -0.05) is 55.9 Å². The van der Waals surface area contributed by atoms with E-state index in [1.807, 2.05) is 26.0 Å². The van der Waals surface area contributed by atoms with E-state index in [1.54, 1.807) is 19.1 Å². The molecule has 232 valence electrons. The summed E-state index contributed by atoms with van der Waals surface area (Å²) in [6.45, 7) is 12.1.